The molecule has 0 saturated carbocycles. The molecule has 0 radical (unpaired) electrons. The van der Waals surface area contributed by atoms with Gasteiger partial charge in [0.25, 0.3) is 0 Å². The van der Waals surface area contributed by atoms with Gasteiger partial charge in [-0.25, -0.2) is 0 Å². The van der Waals surface area contributed by atoms with Gasteiger partial charge in [-0.2, -0.15) is 0 Å². The molecule has 0 unspecified atom stereocenters. The Morgan fingerprint density at radius 2 is 1.42 bits per heavy atom. The number of hydrogen-bond acceptors (Lipinski definition) is 1. The fraction of sp³-hybridized carbons (Fsp3) is 0.562. The molecular weight excluding hydrogens is 368 g/mol. The van der Waals surface area contributed by atoms with Crippen LogP contribution in [0.5, 0.6) is 0 Å². The van der Waals surface area contributed by atoms with Gasteiger partial charge in [-0.15, -0.1) is 0 Å². The number of hydrogen-bond donors (Lipinski definition) is 0. The first-order valence-electron chi connectivity index (χ1n) is 7.12. The smallest absolute Gasteiger partial charge is 0.162 e. The predicted octanol–water partition coefficient (Wildman–Crippen LogP) is 6.54. The van der Waals surface area contributed by atoms with Gasteiger partial charge in [0.05, 0.1) is 0 Å². The van der Waals surface area contributed by atoms with Gasteiger partial charge in [-0.3, -0.25) is 4.79 Å². The van der Waals surface area contributed by atoms with E-state index in [1.807, 2.05) is 18.2 Å². The number of unbranched alkanes of at least 4 members (excludes halogenated alkanes) is 6. The highest BCUT2D eigenvalue weighted by molar-refractivity contribution is 9.11. The summed E-state index contributed by atoms with van der Waals surface area (Å²) >= 11 is 6.83. The van der Waals surface area contributed by atoms with Crippen molar-refractivity contribution < 1.29 is 4.79 Å². The number of Topliss-reactive ketones (excluding diaryl/α,β-unsaturated/α-hetero) is 1. The van der Waals surface area contributed by atoms with Crippen LogP contribution in [0.4, 0.5) is 0 Å². The van der Waals surface area contributed by atoms with Crippen LogP contribution >= 0.6 is 31.9 Å². The Labute approximate surface area is 133 Å². The van der Waals surface area contributed by atoms with E-state index in [9.17, 15) is 4.79 Å². The largest absolute Gasteiger partial charge is 0.294 e. The minimum atomic E-state index is 0.246. The lowest BCUT2D eigenvalue weighted by molar-refractivity contribution is 0.0979. The normalized spacial score (nSPS) is 10.7. The third-order valence-corrected chi connectivity index (χ3v) is 4.11. The molecule has 106 valence electrons. The lowest BCUT2D eigenvalue weighted by atomic mass is 10.0. The fourth-order valence-corrected chi connectivity index (χ4v) is 3.40. The van der Waals surface area contributed by atoms with Gasteiger partial charge in [0, 0.05) is 20.9 Å². The molecule has 0 aromatic heterocycles. The van der Waals surface area contributed by atoms with Gasteiger partial charge >= 0.3 is 0 Å². The molecule has 0 aliphatic carbocycles. The van der Waals surface area contributed by atoms with Crippen LogP contribution in [0.15, 0.2) is 27.1 Å². The zero-order valence-corrected chi connectivity index (χ0v) is 14.7. The van der Waals surface area contributed by atoms with E-state index in [0.29, 0.717) is 6.42 Å². The van der Waals surface area contributed by atoms with Crippen molar-refractivity contribution in [1.82, 2.24) is 0 Å². The number of rotatable bonds is 9. The van der Waals surface area contributed by atoms with E-state index in [2.05, 4.69) is 38.8 Å². The second kappa shape index (κ2) is 9.71. The molecular formula is C16H22Br2O. The summed E-state index contributed by atoms with van der Waals surface area (Å²) in [6.45, 7) is 2.23. The molecule has 0 aliphatic rings. The van der Waals surface area contributed by atoms with Crippen LogP contribution in [0.25, 0.3) is 0 Å². The molecule has 1 nitrogen and oxygen atoms in total. The Hall–Kier alpha value is -0.150. The van der Waals surface area contributed by atoms with Gasteiger partial charge in [0.1, 0.15) is 0 Å². The van der Waals surface area contributed by atoms with Crippen molar-refractivity contribution in [2.75, 3.05) is 0 Å². The molecule has 1 aromatic rings. The van der Waals surface area contributed by atoms with Crippen molar-refractivity contribution in [3.63, 3.8) is 0 Å². The van der Waals surface area contributed by atoms with E-state index < -0.39 is 0 Å². The summed E-state index contributed by atoms with van der Waals surface area (Å²) in [5, 5.41) is 0. The van der Waals surface area contributed by atoms with Crippen LogP contribution in [-0.4, -0.2) is 5.78 Å². The molecule has 0 N–H and O–H groups in total. The van der Waals surface area contributed by atoms with E-state index in [0.717, 1.165) is 20.9 Å². The Morgan fingerprint density at radius 3 is 2.00 bits per heavy atom. The Bertz CT molecular complexity index is 381. The number of ketones is 1. The summed E-state index contributed by atoms with van der Waals surface area (Å²) in [7, 11) is 0. The molecule has 0 heterocycles. The first-order chi connectivity index (χ1) is 9.13. The van der Waals surface area contributed by atoms with Crippen molar-refractivity contribution in [2.45, 2.75) is 58.3 Å². The summed E-state index contributed by atoms with van der Waals surface area (Å²) < 4.78 is 1.90. The van der Waals surface area contributed by atoms with Crippen molar-refractivity contribution >= 4 is 37.6 Å². The quantitative estimate of drug-likeness (QED) is 0.346. The second-order valence-corrected chi connectivity index (χ2v) is 6.78. The molecule has 19 heavy (non-hydrogen) atoms. The average Bonchev–Trinajstić information content (AvgIpc) is 2.36. The maximum atomic E-state index is 12.0. The summed E-state index contributed by atoms with van der Waals surface area (Å²) in [6.07, 6.45) is 9.38. The van der Waals surface area contributed by atoms with E-state index in [1.165, 1.54) is 38.5 Å². The molecule has 0 saturated heterocycles. The molecule has 0 amide bonds. The van der Waals surface area contributed by atoms with Gasteiger partial charge in [-0.05, 0) is 24.6 Å². The van der Waals surface area contributed by atoms with Gasteiger partial charge in [-0.1, -0.05) is 77.3 Å². The Morgan fingerprint density at radius 1 is 0.895 bits per heavy atom. The molecule has 1 aromatic carbocycles. The van der Waals surface area contributed by atoms with Crippen LogP contribution in [0, 0.1) is 0 Å². The molecule has 0 aliphatic heterocycles. The zero-order valence-electron chi connectivity index (χ0n) is 11.6. The van der Waals surface area contributed by atoms with Gasteiger partial charge in [0.15, 0.2) is 5.78 Å². The SMILES string of the molecule is CCCCCCCCCC(=O)c1cc(Br)cc(Br)c1. The third-order valence-electron chi connectivity index (χ3n) is 3.19. The van der Waals surface area contributed by atoms with Crippen molar-refractivity contribution in [2.24, 2.45) is 0 Å². The summed E-state index contributed by atoms with van der Waals surface area (Å²) in [4.78, 5) is 12.0. The minimum Gasteiger partial charge on any atom is -0.294 e. The first-order valence-corrected chi connectivity index (χ1v) is 8.71. The van der Waals surface area contributed by atoms with Gasteiger partial charge in [0.2, 0.25) is 0 Å². The molecule has 1 rings (SSSR count). The van der Waals surface area contributed by atoms with Crippen molar-refractivity contribution in [3.8, 4) is 0 Å². The van der Waals surface area contributed by atoms with E-state index in [4.69, 9.17) is 0 Å². The maximum Gasteiger partial charge on any atom is 0.162 e. The molecule has 0 atom stereocenters. The molecule has 0 spiro atoms. The number of carbonyl (C=O) groups is 1. The molecule has 0 bridgehead atoms. The predicted molar refractivity (Wildman–Crippen MR) is 88.8 cm³/mol. The molecule has 0 fully saturated rings. The standard InChI is InChI=1S/C16H22Br2O/c1-2-3-4-5-6-7-8-9-16(19)13-10-14(17)12-15(18)11-13/h10-12H,2-9H2,1H3. The average molecular weight is 390 g/mol. The summed E-state index contributed by atoms with van der Waals surface area (Å²) in [5.41, 5.74) is 0.798. The highest BCUT2D eigenvalue weighted by atomic mass is 79.9. The lowest BCUT2D eigenvalue weighted by Crippen LogP contribution is -1.99. The maximum absolute atomic E-state index is 12.0. The van der Waals surface area contributed by atoms with Crippen LogP contribution in [-0.2, 0) is 0 Å². The highest BCUT2D eigenvalue weighted by Crippen LogP contribution is 2.21. The van der Waals surface area contributed by atoms with Crippen LogP contribution in [0.3, 0.4) is 0 Å². The van der Waals surface area contributed by atoms with Crippen LogP contribution in [0.1, 0.15) is 68.6 Å². The lowest BCUT2D eigenvalue weighted by Gasteiger charge is -2.03. The van der Waals surface area contributed by atoms with E-state index >= 15 is 0 Å². The zero-order chi connectivity index (χ0) is 14.1. The van der Waals surface area contributed by atoms with Crippen LogP contribution < -0.4 is 0 Å². The minimum absolute atomic E-state index is 0.246. The van der Waals surface area contributed by atoms with Crippen molar-refractivity contribution in [3.05, 3.63) is 32.7 Å². The Kier molecular flexibility index (Phi) is 8.64. The van der Waals surface area contributed by atoms with E-state index in [-0.39, 0.29) is 5.78 Å². The Balaban J connectivity index is 2.24. The monoisotopic (exact) mass is 388 g/mol. The highest BCUT2D eigenvalue weighted by Gasteiger charge is 2.07. The van der Waals surface area contributed by atoms with Gasteiger partial charge < -0.3 is 0 Å². The van der Waals surface area contributed by atoms with Crippen molar-refractivity contribution in [1.29, 1.82) is 0 Å². The number of carbonyl (C=O) groups excluding carboxylic acids is 1. The number of halogens is 2. The number of benzene rings is 1. The third kappa shape index (κ3) is 7.26. The fourth-order valence-electron chi connectivity index (χ4n) is 2.10. The molecule has 3 heteroatoms. The van der Waals surface area contributed by atoms with Crippen LogP contribution in [0.2, 0.25) is 0 Å². The topological polar surface area (TPSA) is 17.1 Å². The summed E-state index contributed by atoms with van der Waals surface area (Å²) in [5.74, 6) is 0.246. The summed E-state index contributed by atoms with van der Waals surface area (Å²) in [6, 6.07) is 5.74. The first kappa shape index (κ1) is 16.9. The van der Waals surface area contributed by atoms with E-state index in [1.54, 1.807) is 0 Å². The second-order valence-electron chi connectivity index (χ2n) is 4.95.